The summed E-state index contributed by atoms with van der Waals surface area (Å²) in [5.74, 6) is -1.30. The Kier molecular flexibility index (Phi) is 4.39. The van der Waals surface area contributed by atoms with Crippen molar-refractivity contribution in [1.82, 2.24) is 4.98 Å². The standard InChI is InChI=1S/C12H10ClN3O4S/c1-6(11-14-2-3-21-11)15-10-8(12(17)18)4-7(16(19)20)5-9(10)13/h2-6,15H,1H3,(H,17,18). The van der Waals surface area contributed by atoms with Crippen LogP contribution in [0.5, 0.6) is 0 Å². The van der Waals surface area contributed by atoms with Crippen LogP contribution in [-0.2, 0) is 0 Å². The molecule has 9 heteroatoms. The Morgan fingerprint density at radius 2 is 2.29 bits per heavy atom. The molecule has 0 aliphatic heterocycles. The molecule has 0 amide bonds. The SMILES string of the molecule is CC(Nc1c(Cl)cc([N+](=O)[O-])cc1C(=O)O)c1nccs1. The molecule has 0 fully saturated rings. The Hall–Kier alpha value is -2.19. The first-order valence-corrected chi connectivity index (χ1v) is 7.03. The number of nitrogens with one attached hydrogen (secondary N) is 1. The number of nitrogens with zero attached hydrogens (tertiary/aromatic N) is 2. The van der Waals surface area contributed by atoms with Crippen molar-refractivity contribution in [1.29, 1.82) is 0 Å². The molecule has 1 unspecified atom stereocenters. The molecule has 0 radical (unpaired) electrons. The van der Waals surface area contributed by atoms with Crippen LogP contribution in [0.1, 0.15) is 28.3 Å². The molecule has 0 spiro atoms. The maximum Gasteiger partial charge on any atom is 0.338 e. The summed E-state index contributed by atoms with van der Waals surface area (Å²) in [4.78, 5) is 25.5. The van der Waals surface area contributed by atoms with Crippen molar-refractivity contribution in [3.63, 3.8) is 0 Å². The summed E-state index contributed by atoms with van der Waals surface area (Å²) in [5, 5.41) is 25.4. The Morgan fingerprint density at radius 1 is 1.57 bits per heavy atom. The van der Waals surface area contributed by atoms with Gasteiger partial charge in [0.1, 0.15) is 5.01 Å². The molecule has 0 aliphatic rings. The number of benzene rings is 1. The van der Waals surface area contributed by atoms with E-state index in [2.05, 4.69) is 10.3 Å². The van der Waals surface area contributed by atoms with E-state index in [0.717, 1.165) is 17.1 Å². The molecule has 1 heterocycles. The van der Waals surface area contributed by atoms with Crippen LogP contribution >= 0.6 is 22.9 Å². The number of halogens is 1. The van der Waals surface area contributed by atoms with E-state index in [1.54, 1.807) is 18.5 Å². The van der Waals surface area contributed by atoms with Crippen LogP contribution in [0.15, 0.2) is 23.7 Å². The second-order valence-corrected chi connectivity index (χ2v) is 5.48. The Bertz CT molecular complexity index is 690. The zero-order valence-corrected chi connectivity index (χ0v) is 12.3. The third-order valence-electron chi connectivity index (χ3n) is 2.70. The minimum absolute atomic E-state index is 0.0231. The van der Waals surface area contributed by atoms with Crippen molar-refractivity contribution in [2.45, 2.75) is 13.0 Å². The lowest BCUT2D eigenvalue weighted by Crippen LogP contribution is -2.11. The van der Waals surface area contributed by atoms with Gasteiger partial charge >= 0.3 is 5.97 Å². The van der Waals surface area contributed by atoms with Crippen molar-refractivity contribution in [2.75, 3.05) is 5.32 Å². The molecular weight excluding hydrogens is 318 g/mol. The minimum Gasteiger partial charge on any atom is -0.478 e. The normalized spacial score (nSPS) is 11.9. The molecule has 1 atom stereocenters. The van der Waals surface area contributed by atoms with Gasteiger partial charge in [-0.25, -0.2) is 9.78 Å². The number of aromatic nitrogens is 1. The molecule has 0 saturated carbocycles. The summed E-state index contributed by atoms with van der Waals surface area (Å²) in [6.07, 6.45) is 1.63. The average molecular weight is 328 g/mol. The van der Waals surface area contributed by atoms with Gasteiger partial charge in [0, 0.05) is 23.7 Å². The van der Waals surface area contributed by atoms with Crippen LogP contribution in [-0.4, -0.2) is 21.0 Å². The maximum atomic E-state index is 11.3. The Labute approximate surface area is 128 Å². The Morgan fingerprint density at radius 3 is 2.81 bits per heavy atom. The third-order valence-corrected chi connectivity index (χ3v) is 3.96. The van der Waals surface area contributed by atoms with E-state index in [4.69, 9.17) is 11.6 Å². The second kappa shape index (κ2) is 6.06. The number of non-ortho nitro benzene ring substituents is 1. The van der Waals surface area contributed by atoms with Crippen molar-refractivity contribution < 1.29 is 14.8 Å². The number of hydrogen-bond donors (Lipinski definition) is 2. The third kappa shape index (κ3) is 3.29. The number of rotatable bonds is 5. The van der Waals surface area contributed by atoms with Crippen LogP contribution in [0.4, 0.5) is 11.4 Å². The molecule has 2 N–H and O–H groups in total. The van der Waals surface area contributed by atoms with Crippen molar-refractivity contribution >= 4 is 40.3 Å². The topological polar surface area (TPSA) is 105 Å². The number of carboxylic acids is 1. The van der Waals surface area contributed by atoms with Gasteiger partial charge in [0.2, 0.25) is 0 Å². The van der Waals surface area contributed by atoms with Gasteiger partial charge in [-0.05, 0) is 6.92 Å². The first-order valence-electron chi connectivity index (χ1n) is 5.77. The number of thiazole rings is 1. The molecule has 1 aromatic carbocycles. The van der Waals surface area contributed by atoms with E-state index in [1.165, 1.54) is 11.3 Å². The lowest BCUT2D eigenvalue weighted by molar-refractivity contribution is -0.384. The number of nitro benzene ring substituents is 1. The van der Waals surface area contributed by atoms with Crippen molar-refractivity contribution in [2.24, 2.45) is 0 Å². The number of anilines is 1. The number of aromatic carboxylic acids is 1. The summed E-state index contributed by atoms with van der Waals surface area (Å²) < 4.78 is 0. The van der Waals surface area contributed by atoms with Gasteiger partial charge in [-0.15, -0.1) is 11.3 Å². The fraction of sp³-hybridized carbons (Fsp3) is 0.167. The molecule has 0 bridgehead atoms. The van der Waals surface area contributed by atoms with E-state index in [-0.39, 0.29) is 28.0 Å². The molecule has 2 aromatic rings. The van der Waals surface area contributed by atoms with E-state index >= 15 is 0 Å². The van der Waals surface area contributed by atoms with Crippen LogP contribution < -0.4 is 5.32 Å². The van der Waals surface area contributed by atoms with Crippen molar-refractivity contribution in [3.8, 4) is 0 Å². The minimum atomic E-state index is -1.30. The van der Waals surface area contributed by atoms with Crippen LogP contribution in [0.25, 0.3) is 0 Å². The van der Waals surface area contributed by atoms with E-state index in [9.17, 15) is 20.0 Å². The maximum absolute atomic E-state index is 11.3. The zero-order chi connectivity index (χ0) is 15.6. The highest BCUT2D eigenvalue weighted by Gasteiger charge is 2.22. The molecule has 21 heavy (non-hydrogen) atoms. The predicted octanol–water partition coefficient (Wildman–Crippen LogP) is 3.58. The quantitative estimate of drug-likeness (QED) is 0.642. The zero-order valence-electron chi connectivity index (χ0n) is 10.7. The van der Waals surface area contributed by atoms with Gasteiger partial charge in [-0.1, -0.05) is 11.6 Å². The number of carbonyl (C=O) groups is 1. The van der Waals surface area contributed by atoms with Crippen LogP contribution in [0.2, 0.25) is 5.02 Å². The summed E-state index contributed by atoms with van der Waals surface area (Å²) in [6.45, 7) is 1.79. The highest BCUT2D eigenvalue weighted by Crippen LogP contribution is 2.34. The van der Waals surface area contributed by atoms with Gasteiger partial charge < -0.3 is 10.4 Å². The van der Waals surface area contributed by atoms with Gasteiger partial charge in [0.15, 0.2) is 0 Å². The lowest BCUT2D eigenvalue weighted by atomic mass is 10.1. The van der Waals surface area contributed by atoms with E-state index < -0.39 is 10.9 Å². The first-order chi connectivity index (χ1) is 9.90. The summed E-state index contributed by atoms with van der Waals surface area (Å²) >= 11 is 7.39. The van der Waals surface area contributed by atoms with Gasteiger partial charge in [0.25, 0.3) is 5.69 Å². The molecule has 0 saturated heterocycles. The van der Waals surface area contributed by atoms with Crippen molar-refractivity contribution in [3.05, 3.63) is 49.4 Å². The fourth-order valence-electron chi connectivity index (χ4n) is 1.74. The van der Waals surface area contributed by atoms with Crippen LogP contribution in [0.3, 0.4) is 0 Å². The van der Waals surface area contributed by atoms with Crippen LogP contribution in [0, 0.1) is 10.1 Å². The number of nitro groups is 1. The van der Waals surface area contributed by atoms with Gasteiger partial charge in [-0.3, -0.25) is 10.1 Å². The molecular formula is C12H10ClN3O4S. The predicted molar refractivity (Wildman–Crippen MR) is 79.2 cm³/mol. The smallest absolute Gasteiger partial charge is 0.338 e. The summed E-state index contributed by atoms with van der Waals surface area (Å²) in [6, 6.07) is 1.82. The molecule has 1 aromatic heterocycles. The first kappa shape index (κ1) is 15.2. The molecule has 2 rings (SSSR count). The van der Waals surface area contributed by atoms with Gasteiger partial charge in [0.05, 0.1) is 27.2 Å². The summed E-state index contributed by atoms with van der Waals surface area (Å²) in [5.41, 5.74) is -0.486. The largest absolute Gasteiger partial charge is 0.478 e. The highest BCUT2D eigenvalue weighted by atomic mass is 35.5. The monoisotopic (exact) mass is 327 g/mol. The fourth-order valence-corrected chi connectivity index (χ4v) is 2.65. The molecule has 7 nitrogen and oxygen atoms in total. The van der Waals surface area contributed by atoms with Gasteiger partial charge in [-0.2, -0.15) is 0 Å². The van der Waals surface area contributed by atoms with E-state index in [1.807, 2.05) is 0 Å². The van der Waals surface area contributed by atoms with E-state index in [0.29, 0.717) is 0 Å². The lowest BCUT2D eigenvalue weighted by Gasteiger charge is -2.16. The Balaban J connectivity index is 2.42. The average Bonchev–Trinajstić information content (AvgIpc) is 2.94. The summed E-state index contributed by atoms with van der Waals surface area (Å²) in [7, 11) is 0. The number of hydrogen-bond acceptors (Lipinski definition) is 6. The highest BCUT2D eigenvalue weighted by molar-refractivity contribution is 7.09. The molecule has 0 aliphatic carbocycles. The number of carboxylic acid groups (broad SMARTS) is 1. The second-order valence-electron chi connectivity index (χ2n) is 4.15. The molecule has 110 valence electrons.